The fourth-order valence-corrected chi connectivity index (χ4v) is 3.67. The van der Waals surface area contributed by atoms with E-state index in [1.165, 1.54) is 19.3 Å². The van der Waals surface area contributed by atoms with E-state index >= 15 is 0 Å². The predicted molar refractivity (Wildman–Crippen MR) is 103 cm³/mol. The summed E-state index contributed by atoms with van der Waals surface area (Å²) in [6, 6.07) is 15.4. The Labute approximate surface area is 153 Å². The highest BCUT2D eigenvalue weighted by Gasteiger charge is 2.24. The summed E-state index contributed by atoms with van der Waals surface area (Å²) in [7, 11) is 1.61. The molecule has 1 aliphatic carbocycles. The van der Waals surface area contributed by atoms with Crippen molar-refractivity contribution < 1.29 is 13.9 Å². The second-order valence-corrected chi connectivity index (χ2v) is 6.84. The van der Waals surface area contributed by atoms with Crippen LogP contribution in [-0.4, -0.2) is 18.9 Å². The zero-order valence-electron chi connectivity index (χ0n) is 15.0. The van der Waals surface area contributed by atoms with Crippen molar-refractivity contribution in [2.24, 2.45) is 0 Å². The maximum Gasteiger partial charge on any atom is 0.230 e. The quantitative estimate of drug-likeness (QED) is 0.625. The van der Waals surface area contributed by atoms with Crippen LogP contribution >= 0.6 is 0 Å². The Morgan fingerprint density at radius 3 is 2.50 bits per heavy atom. The van der Waals surface area contributed by atoms with Crippen LogP contribution in [0.15, 0.2) is 52.9 Å². The van der Waals surface area contributed by atoms with Crippen molar-refractivity contribution in [2.45, 2.75) is 38.1 Å². The van der Waals surface area contributed by atoms with Gasteiger partial charge >= 0.3 is 0 Å². The number of ether oxygens (including phenoxy) is 1. The average molecular weight is 349 g/mol. The topological polar surface area (TPSA) is 51.5 Å². The van der Waals surface area contributed by atoms with Crippen LogP contribution < -0.4 is 10.1 Å². The first-order valence-corrected chi connectivity index (χ1v) is 9.23. The number of fused-ring (bicyclic) bond motifs is 1. The lowest BCUT2D eigenvalue weighted by molar-refractivity contribution is 0.101. The Morgan fingerprint density at radius 2 is 1.77 bits per heavy atom. The van der Waals surface area contributed by atoms with Gasteiger partial charge < -0.3 is 14.5 Å². The van der Waals surface area contributed by atoms with Crippen molar-refractivity contribution in [3.8, 4) is 5.75 Å². The van der Waals surface area contributed by atoms with Crippen LogP contribution in [0.1, 0.15) is 48.2 Å². The molecule has 0 spiro atoms. The molecule has 0 radical (unpaired) electrons. The molecule has 0 saturated heterocycles. The third-order valence-corrected chi connectivity index (χ3v) is 5.11. The summed E-state index contributed by atoms with van der Waals surface area (Å²) in [5.41, 5.74) is 2.16. The minimum atomic E-state index is -0.109. The van der Waals surface area contributed by atoms with Crippen molar-refractivity contribution in [2.75, 3.05) is 12.4 Å². The van der Waals surface area contributed by atoms with Gasteiger partial charge in [0, 0.05) is 17.0 Å². The van der Waals surface area contributed by atoms with E-state index in [0.717, 1.165) is 35.2 Å². The number of methoxy groups -OCH3 is 1. The van der Waals surface area contributed by atoms with Crippen LogP contribution in [0.25, 0.3) is 11.0 Å². The van der Waals surface area contributed by atoms with Gasteiger partial charge in [0.2, 0.25) is 5.78 Å². The van der Waals surface area contributed by atoms with E-state index in [-0.39, 0.29) is 5.78 Å². The van der Waals surface area contributed by atoms with Gasteiger partial charge in [-0.2, -0.15) is 0 Å². The Balaban J connectivity index is 1.72. The van der Waals surface area contributed by atoms with Gasteiger partial charge in [-0.15, -0.1) is 0 Å². The van der Waals surface area contributed by atoms with Crippen molar-refractivity contribution in [3.05, 3.63) is 59.9 Å². The number of hydrogen-bond acceptors (Lipinski definition) is 4. The largest absolute Gasteiger partial charge is 0.497 e. The molecule has 2 aromatic carbocycles. The van der Waals surface area contributed by atoms with E-state index in [1.807, 2.05) is 24.3 Å². The second-order valence-electron chi connectivity index (χ2n) is 6.84. The number of carbonyl (C=O) groups excluding carboxylic acids is 1. The summed E-state index contributed by atoms with van der Waals surface area (Å²) in [5.74, 6) is 1.01. The molecule has 1 N–H and O–H groups in total. The fraction of sp³-hybridized carbons (Fsp3) is 0.318. The molecule has 26 heavy (non-hydrogen) atoms. The van der Waals surface area contributed by atoms with Gasteiger partial charge in [0.05, 0.1) is 12.8 Å². The highest BCUT2D eigenvalue weighted by Crippen LogP contribution is 2.34. The second kappa shape index (κ2) is 7.24. The summed E-state index contributed by atoms with van der Waals surface area (Å²) in [5, 5.41) is 4.57. The maximum absolute atomic E-state index is 13.1. The Kier molecular flexibility index (Phi) is 4.65. The lowest BCUT2D eigenvalue weighted by Gasteiger charge is -2.23. The van der Waals surface area contributed by atoms with Gasteiger partial charge in [0.15, 0.2) is 5.76 Å². The average Bonchev–Trinajstić information content (AvgIpc) is 3.07. The number of nitrogens with one attached hydrogen (secondary N) is 1. The summed E-state index contributed by atoms with van der Waals surface area (Å²) in [6.45, 7) is 0. The molecule has 0 aliphatic heterocycles. The zero-order chi connectivity index (χ0) is 17.9. The van der Waals surface area contributed by atoms with Gasteiger partial charge in [0.25, 0.3) is 0 Å². The molecule has 1 heterocycles. The molecule has 1 fully saturated rings. The standard InChI is InChI=1S/C22H23NO3/c1-25-17-13-11-15(12-14-17)21(24)22-20(23-16-7-3-2-4-8-16)18-9-5-6-10-19(18)26-22/h5-6,9-14,16,23H,2-4,7-8H2,1H3. The molecule has 1 aromatic heterocycles. The molecule has 4 heteroatoms. The van der Waals surface area contributed by atoms with E-state index in [1.54, 1.807) is 31.4 Å². The third-order valence-electron chi connectivity index (χ3n) is 5.11. The maximum atomic E-state index is 13.1. The highest BCUT2D eigenvalue weighted by atomic mass is 16.5. The molecule has 134 valence electrons. The van der Waals surface area contributed by atoms with Crippen LogP contribution in [0.2, 0.25) is 0 Å². The van der Waals surface area contributed by atoms with Gasteiger partial charge in [-0.05, 0) is 49.2 Å². The first kappa shape index (κ1) is 16.7. The molecule has 0 unspecified atom stereocenters. The van der Waals surface area contributed by atoms with Gasteiger partial charge in [0.1, 0.15) is 11.3 Å². The summed E-state index contributed by atoms with van der Waals surface area (Å²) in [4.78, 5) is 13.1. The first-order valence-electron chi connectivity index (χ1n) is 9.23. The predicted octanol–water partition coefficient (Wildman–Crippen LogP) is 5.42. The number of carbonyl (C=O) groups is 1. The van der Waals surface area contributed by atoms with Gasteiger partial charge in [-0.1, -0.05) is 31.4 Å². The van der Waals surface area contributed by atoms with Gasteiger partial charge in [-0.3, -0.25) is 4.79 Å². The molecule has 0 bridgehead atoms. The number of para-hydroxylation sites is 1. The highest BCUT2D eigenvalue weighted by molar-refractivity contribution is 6.14. The van der Waals surface area contributed by atoms with Crippen molar-refractivity contribution in [3.63, 3.8) is 0 Å². The van der Waals surface area contributed by atoms with E-state index in [2.05, 4.69) is 5.32 Å². The molecular weight excluding hydrogens is 326 g/mol. The van der Waals surface area contributed by atoms with E-state index < -0.39 is 0 Å². The number of rotatable bonds is 5. The number of furan rings is 1. The summed E-state index contributed by atoms with van der Waals surface area (Å²) >= 11 is 0. The SMILES string of the molecule is COc1ccc(C(=O)c2oc3ccccc3c2NC2CCCCC2)cc1. The number of ketones is 1. The molecule has 3 aromatic rings. The normalized spacial score (nSPS) is 15.1. The van der Waals surface area contributed by atoms with Crippen LogP contribution in [0.5, 0.6) is 5.75 Å². The smallest absolute Gasteiger partial charge is 0.230 e. The molecule has 4 rings (SSSR count). The Morgan fingerprint density at radius 1 is 1.04 bits per heavy atom. The van der Waals surface area contributed by atoms with Crippen molar-refractivity contribution in [1.29, 1.82) is 0 Å². The van der Waals surface area contributed by atoms with Crippen LogP contribution in [0.4, 0.5) is 5.69 Å². The molecule has 1 aliphatic rings. The van der Waals surface area contributed by atoms with E-state index in [0.29, 0.717) is 17.4 Å². The lowest BCUT2D eigenvalue weighted by atomic mass is 9.95. The molecule has 0 amide bonds. The monoisotopic (exact) mass is 349 g/mol. The number of anilines is 1. The van der Waals surface area contributed by atoms with Crippen molar-refractivity contribution in [1.82, 2.24) is 0 Å². The van der Waals surface area contributed by atoms with Crippen LogP contribution in [-0.2, 0) is 0 Å². The molecular formula is C22H23NO3. The third kappa shape index (κ3) is 3.19. The number of benzene rings is 2. The Bertz CT molecular complexity index is 905. The van der Waals surface area contributed by atoms with E-state index in [9.17, 15) is 4.79 Å². The summed E-state index contributed by atoms with van der Waals surface area (Å²) in [6.07, 6.45) is 6.03. The molecule has 1 saturated carbocycles. The van der Waals surface area contributed by atoms with E-state index in [4.69, 9.17) is 9.15 Å². The zero-order valence-corrected chi connectivity index (χ0v) is 15.0. The van der Waals surface area contributed by atoms with Gasteiger partial charge in [-0.25, -0.2) is 0 Å². The molecule has 4 nitrogen and oxygen atoms in total. The minimum absolute atomic E-state index is 0.109. The summed E-state index contributed by atoms with van der Waals surface area (Å²) < 4.78 is 11.2. The fourth-order valence-electron chi connectivity index (χ4n) is 3.67. The van der Waals surface area contributed by atoms with Crippen LogP contribution in [0.3, 0.4) is 0 Å². The number of hydrogen-bond donors (Lipinski definition) is 1. The van der Waals surface area contributed by atoms with Crippen LogP contribution in [0, 0.1) is 0 Å². The lowest BCUT2D eigenvalue weighted by Crippen LogP contribution is -2.23. The molecule has 0 atom stereocenters. The van der Waals surface area contributed by atoms with Crippen molar-refractivity contribution >= 4 is 22.4 Å². The minimum Gasteiger partial charge on any atom is -0.497 e. The first-order chi connectivity index (χ1) is 12.8. The Hall–Kier alpha value is -2.75.